The van der Waals surface area contributed by atoms with Gasteiger partial charge in [-0.15, -0.1) is 0 Å². The number of carbonyl (C=O) groups excluding carboxylic acids is 1. The van der Waals surface area contributed by atoms with E-state index in [1.165, 1.54) is 0 Å². The van der Waals surface area contributed by atoms with Gasteiger partial charge in [-0.3, -0.25) is 4.79 Å². The van der Waals surface area contributed by atoms with E-state index in [0.29, 0.717) is 17.1 Å². The van der Waals surface area contributed by atoms with Crippen LogP contribution in [0.5, 0.6) is 0 Å². The summed E-state index contributed by atoms with van der Waals surface area (Å²) in [5.74, 6) is -0.0721. The second-order valence-electron chi connectivity index (χ2n) is 3.90. The molecule has 1 aromatic heterocycles. The van der Waals surface area contributed by atoms with Crippen LogP contribution in [-0.4, -0.2) is 10.9 Å². The molecule has 0 fully saturated rings. The number of aromatic nitrogens is 1. The minimum atomic E-state index is -0.0721. The minimum Gasteiger partial charge on any atom is -0.365 e. The summed E-state index contributed by atoms with van der Waals surface area (Å²) in [4.78, 5) is 14.8. The number of amides is 1. The Bertz CT molecular complexity index is 534. The first-order valence-electron chi connectivity index (χ1n) is 5.33. The molecule has 1 heterocycles. The molecule has 0 saturated heterocycles. The number of halogens is 1. The van der Waals surface area contributed by atoms with Crippen LogP contribution in [0.3, 0.4) is 0 Å². The van der Waals surface area contributed by atoms with Gasteiger partial charge in [-0.1, -0.05) is 23.7 Å². The van der Waals surface area contributed by atoms with Crippen molar-refractivity contribution in [3.8, 4) is 0 Å². The van der Waals surface area contributed by atoms with E-state index >= 15 is 0 Å². The van der Waals surface area contributed by atoms with E-state index in [4.69, 9.17) is 11.6 Å². The number of aromatic amines is 1. The Morgan fingerprint density at radius 2 is 2.18 bits per heavy atom. The van der Waals surface area contributed by atoms with Crippen LogP contribution in [0, 0.1) is 6.92 Å². The summed E-state index contributed by atoms with van der Waals surface area (Å²) >= 11 is 5.95. The second-order valence-corrected chi connectivity index (χ2v) is 4.30. The van der Waals surface area contributed by atoms with Crippen LogP contribution in [-0.2, 0) is 11.2 Å². The molecule has 0 bridgehead atoms. The number of benzene rings is 1. The van der Waals surface area contributed by atoms with E-state index in [2.05, 4.69) is 10.3 Å². The number of para-hydroxylation sites is 1. The molecule has 88 valence electrons. The number of hydrogen-bond acceptors (Lipinski definition) is 1. The molecule has 0 aliphatic heterocycles. The van der Waals surface area contributed by atoms with Gasteiger partial charge in [0.25, 0.3) is 0 Å². The van der Waals surface area contributed by atoms with Gasteiger partial charge in [0.15, 0.2) is 0 Å². The van der Waals surface area contributed by atoms with Crippen molar-refractivity contribution in [3.63, 3.8) is 0 Å². The highest BCUT2D eigenvalue weighted by molar-refractivity contribution is 6.33. The number of rotatable bonds is 3. The SMILES string of the molecule is Cc1cc(CC(=O)Nc2ccccc2Cl)c[nH]1. The van der Waals surface area contributed by atoms with Crippen LogP contribution in [0.1, 0.15) is 11.3 Å². The molecule has 1 aromatic carbocycles. The van der Waals surface area contributed by atoms with Crippen LogP contribution < -0.4 is 5.32 Å². The van der Waals surface area contributed by atoms with Gasteiger partial charge in [-0.05, 0) is 30.7 Å². The third-order valence-corrected chi connectivity index (χ3v) is 2.73. The van der Waals surface area contributed by atoms with Crippen molar-refractivity contribution in [2.24, 2.45) is 0 Å². The Labute approximate surface area is 105 Å². The smallest absolute Gasteiger partial charge is 0.228 e. The fourth-order valence-corrected chi connectivity index (χ4v) is 1.80. The zero-order chi connectivity index (χ0) is 12.3. The Hall–Kier alpha value is -1.74. The van der Waals surface area contributed by atoms with E-state index in [0.717, 1.165) is 11.3 Å². The zero-order valence-corrected chi connectivity index (χ0v) is 10.2. The summed E-state index contributed by atoms with van der Waals surface area (Å²) < 4.78 is 0. The van der Waals surface area contributed by atoms with Gasteiger partial charge in [0.05, 0.1) is 17.1 Å². The number of aryl methyl sites for hydroxylation is 1. The quantitative estimate of drug-likeness (QED) is 0.861. The average Bonchev–Trinajstić information content (AvgIpc) is 2.67. The van der Waals surface area contributed by atoms with Gasteiger partial charge in [-0.2, -0.15) is 0 Å². The Morgan fingerprint density at radius 1 is 1.41 bits per heavy atom. The second kappa shape index (κ2) is 5.06. The van der Waals surface area contributed by atoms with Crippen molar-refractivity contribution in [1.29, 1.82) is 0 Å². The molecule has 2 aromatic rings. The fourth-order valence-electron chi connectivity index (χ4n) is 1.61. The van der Waals surface area contributed by atoms with Gasteiger partial charge < -0.3 is 10.3 Å². The summed E-state index contributed by atoms with van der Waals surface area (Å²) in [5, 5.41) is 3.33. The lowest BCUT2D eigenvalue weighted by molar-refractivity contribution is -0.115. The molecule has 1 amide bonds. The van der Waals surface area contributed by atoms with Gasteiger partial charge in [0, 0.05) is 11.9 Å². The number of nitrogens with one attached hydrogen (secondary N) is 2. The predicted octanol–water partition coefficient (Wildman–Crippen LogP) is 3.16. The molecule has 2 rings (SSSR count). The Kier molecular flexibility index (Phi) is 3.49. The standard InChI is InChI=1S/C13H13ClN2O/c1-9-6-10(8-15-9)7-13(17)16-12-5-3-2-4-11(12)14/h2-6,8,15H,7H2,1H3,(H,16,17). The van der Waals surface area contributed by atoms with Crippen molar-refractivity contribution in [1.82, 2.24) is 4.98 Å². The Morgan fingerprint density at radius 3 is 2.82 bits per heavy atom. The minimum absolute atomic E-state index is 0.0721. The molecule has 2 N–H and O–H groups in total. The average molecular weight is 249 g/mol. The highest BCUT2D eigenvalue weighted by atomic mass is 35.5. The topological polar surface area (TPSA) is 44.9 Å². The largest absolute Gasteiger partial charge is 0.365 e. The highest BCUT2D eigenvalue weighted by Gasteiger charge is 2.07. The van der Waals surface area contributed by atoms with Crippen LogP contribution >= 0.6 is 11.6 Å². The van der Waals surface area contributed by atoms with Crippen LogP contribution in [0.2, 0.25) is 5.02 Å². The molecule has 0 saturated carbocycles. The number of hydrogen-bond donors (Lipinski definition) is 2. The molecule has 0 unspecified atom stereocenters. The normalized spacial score (nSPS) is 10.2. The summed E-state index contributed by atoms with van der Waals surface area (Å²) in [6.07, 6.45) is 2.18. The van der Waals surface area contributed by atoms with Gasteiger partial charge in [-0.25, -0.2) is 0 Å². The maximum Gasteiger partial charge on any atom is 0.228 e. The number of carbonyl (C=O) groups is 1. The predicted molar refractivity (Wildman–Crippen MR) is 69.3 cm³/mol. The summed E-state index contributed by atoms with van der Waals surface area (Å²) in [7, 11) is 0. The first-order valence-corrected chi connectivity index (χ1v) is 5.71. The lowest BCUT2D eigenvalue weighted by Gasteiger charge is -2.05. The number of H-pyrrole nitrogens is 1. The molecule has 3 nitrogen and oxygen atoms in total. The molecular weight excluding hydrogens is 236 g/mol. The Balaban J connectivity index is 2.01. The lowest BCUT2D eigenvalue weighted by Crippen LogP contribution is -2.14. The maximum atomic E-state index is 11.8. The summed E-state index contributed by atoms with van der Waals surface area (Å²) in [5.41, 5.74) is 2.66. The van der Waals surface area contributed by atoms with Gasteiger partial charge >= 0.3 is 0 Å². The highest BCUT2D eigenvalue weighted by Crippen LogP contribution is 2.20. The summed E-state index contributed by atoms with van der Waals surface area (Å²) in [6, 6.07) is 9.14. The van der Waals surface area contributed by atoms with Gasteiger partial charge in [0.2, 0.25) is 5.91 Å². The van der Waals surface area contributed by atoms with E-state index in [1.807, 2.05) is 31.3 Å². The summed E-state index contributed by atoms with van der Waals surface area (Å²) in [6.45, 7) is 1.95. The molecule has 0 atom stereocenters. The molecule has 0 radical (unpaired) electrons. The van der Waals surface area contributed by atoms with Gasteiger partial charge in [0.1, 0.15) is 0 Å². The van der Waals surface area contributed by atoms with E-state index < -0.39 is 0 Å². The monoisotopic (exact) mass is 248 g/mol. The lowest BCUT2D eigenvalue weighted by atomic mass is 10.2. The first-order chi connectivity index (χ1) is 8.15. The first kappa shape index (κ1) is 11.7. The molecule has 4 heteroatoms. The fraction of sp³-hybridized carbons (Fsp3) is 0.154. The molecule has 17 heavy (non-hydrogen) atoms. The molecule has 0 aliphatic rings. The maximum absolute atomic E-state index is 11.8. The van der Waals surface area contributed by atoms with Crippen LogP contribution in [0.4, 0.5) is 5.69 Å². The van der Waals surface area contributed by atoms with E-state index in [1.54, 1.807) is 12.1 Å². The van der Waals surface area contributed by atoms with Crippen molar-refractivity contribution >= 4 is 23.2 Å². The molecule has 0 spiro atoms. The van der Waals surface area contributed by atoms with Crippen molar-refractivity contribution in [2.45, 2.75) is 13.3 Å². The van der Waals surface area contributed by atoms with Crippen molar-refractivity contribution < 1.29 is 4.79 Å². The number of anilines is 1. The molecule has 0 aliphatic carbocycles. The third-order valence-electron chi connectivity index (χ3n) is 2.40. The van der Waals surface area contributed by atoms with Crippen molar-refractivity contribution in [2.75, 3.05) is 5.32 Å². The van der Waals surface area contributed by atoms with Crippen LogP contribution in [0.25, 0.3) is 0 Å². The van der Waals surface area contributed by atoms with Crippen molar-refractivity contribution in [3.05, 3.63) is 52.8 Å². The molecular formula is C13H13ClN2O. The zero-order valence-electron chi connectivity index (χ0n) is 9.46. The van der Waals surface area contributed by atoms with Crippen LogP contribution in [0.15, 0.2) is 36.5 Å². The third kappa shape index (κ3) is 3.11. The van der Waals surface area contributed by atoms with E-state index in [9.17, 15) is 4.79 Å². The van der Waals surface area contributed by atoms with E-state index in [-0.39, 0.29) is 5.91 Å².